The van der Waals surface area contributed by atoms with Gasteiger partial charge in [-0.2, -0.15) is 0 Å². The van der Waals surface area contributed by atoms with Gasteiger partial charge in [0.2, 0.25) is 0 Å². The van der Waals surface area contributed by atoms with E-state index >= 15 is 0 Å². The Morgan fingerprint density at radius 1 is 1.07 bits per heavy atom. The highest BCUT2D eigenvalue weighted by Crippen LogP contribution is 2.57. The van der Waals surface area contributed by atoms with Crippen LogP contribution in [0.4, 0.5) is 11.4 Å². The third-order valence-electron chi connectivity index (χ3n) is 7.07. The maximum absolute atomic E-state index is 12.7. The predicted octanol–water partition coefficient (Wildman–Crippen LogP) is 5.61. The molecular formula is C24H29NO2. The smallest absolute Gasteiger partial charge is 0.311 e. The fraction of sp³-hybridized carbons (Fsp3) is 0.458. The lowest BCUT2D eigenvalue weighted by molar-refractivity contribution is -0.161. The molecule has 2 aliphatic carbocycles. The Balaban J connectivity index is 1.72. The van der Waals surface area contributed by atoms with Gasteiger partial charge in [-0.1, -0.05) is 37.6 Å². The summed E-state index contributed by atoms with van der Waals surface area (Å²) < 4.78 is 5.23. The average Bonchev–Trinajstić information content (AvgIpc) is 2.68. The summed E-state index contributed by atoms with van der Waals surface area (Å²) in [4.78, 5) is 12.7. The van der Waals surface area contributed by atoms with E-state index in [1.165, 1.54) is 18.2 Å². The topological polar surface area (TPSA) is 38.3 Å². The van der Waals surface area contributed by atoms with Crippen LogP contribution in [0.15, 0.2) is 48.5 Å². The Bertz CT molecular complexity index is 847. The van der Waals surface area contributed by atoms with E-state index in [1.54, 1.807) is 0 Å². The standard InChI is InChI=1S/C24H29NO2/c1-23-14-7-15-24(2,22(26)27-3)21(23)13-11-17-10-12-19(16-20(17)23)25-18-8-5-4-6-9-18/h4-6,8-10,12,16,21,25H,7,11,13-15H2,1-3H3/t21?,23-,24?/m1/s1. The van der Waals surface area contributed by atoms with E-state index in [2.05, 4.69) is 49.5 Å². The zero-order chi connectivity index (χ0) is 19.1. The maximum Gasteiger partial charge on any atom is 0.311 e. The van der Waals surface area contributed by atoms with Gasteiger partial charge in [-0.3, -0.25) is 4.79 Å². The van der Waals surface area contributed by atoms with Crippen molar-refractivity contribution in [3.63, 3.8) is 0 Å². The molecule has 0 aliphatic heterocycles. The molecular weight excluding hydrogens is 334 g/mol. The summed E-state index contributed by atoms with van der Waals surface area (Å²) in [5.74, 6) is 0.283. The van der Waals surface area contributed by atoms with Gasteiger partial charge in [0.25, 0.3) is 0 Å². The Morgan fingerprint density at radius 3 is 2.59 bits per heavy atom. The number of hydrogen-bond donors (Lipinski definition) is 1. The van der Waals surface area contributed by atoms with Crippen LogP contribution in [-0.4, -0.2) is 13.1 Å². The van der Waals surface area contributed by atoms with Gasteiger partial charge in [0.1, 0.15) is 0 Å². The molecule has 3 atom stereocenters. The minimum absolute atomic E-state index is 0.0170. The molecule has 142 valence electrons. The summed E-state index contributed by atoms with van der Waals surface area (Å²) in [6.45, 7) is 4.49. The van der Waals surface area contributed by atoms with Gasteiger partial charge < -0.3 is 10.1 Å². The first-order chi connectivity index (χ1) is 13.0. The highest BCUT2D eigenvalue weighted by atomic mass is 16.5. The van der Waals surface area contributed by atoms with Crippen LogP contribution in [0.25, 0.3) is 0 Å². The third-order valence-corrected chi connectivity index (χ3v) is 7.07. The van der Waals surface area contributed by atoms with E-state index in [0.29, 0.717) is 5.92 Å². The number of carbonyl (C=O) groups excluding carboxylic acids is 1. The van der Waals surface area contributed by atoms with Crippen LogP contribution in [0.1, 0.15) is 50.7 Å². The van der Waals surface area contributed by atoms with E-state index in [0.717, 1.165) is 43.5 Å². The van der Waals surface area contributed by atoms with Gasteiger partial charge >= 0.3 is 5.97 Å². The molecule has 2 unspecified atom stereocenters. The highest BCUT2D eigenvalue weighted by molar-refractivity contribution is 5.77. The number of benzene rings is 2. The summed E-state index contributed by atoms with van der Waals surface area (Å²) >= 11 is 0. The Labute approximate surface area is 162 Å². The van der Waals surface area contributed by atoms with Crippen molar-refractivity contribution in [2.45, 2.75) is 51.4 Å². The van der Waals surface area contributed by atoms with Crippen molar-refractivity contribution < 1.29 is 9.53 Å². The number of ether oxygens (including phenoxy) is 1. The molecule has 0 saturated heterocycles. The first-order valence-corrected chi connectivity index (χ1v) is 10.0. The fourth-order valence-electron chi connectivity index (χ4n) is 5.70. The first-order valence-electron chi connectivity index (χ1n) is 10.0. The molecule has 1 fully saturated rings. The minimum Gasteiger partial charge on any atom is -0.469 e. The number of carbonyl (C=O) groups is 1. The van der Waals surface area contributed by atoms with Crippen LogP contribution in [0.2, 0.25) is 0 Å². The van der Waals surface area contributed by atoms with E-state index in [1.807, 2.05) is 18.2 Å². The molecule has 27 heavy (non-hydrogen) atoms. The number of anilines is 2. The zero-order valence-corrected chi connectivity index (χ0v) is 16.5. The quantitative estimate of drug-likeness (QED) is 0.720. The molecule has 0 spiro atoms. The lowest BCUT2D eigenvalue weighted by Crippen LogP contribution is -2.52. The fourth-order valence-corrected chi connectivity index (χ4v) is 5.70. The van der Waals surface area contributed by atoms with Crippen LogP contribution in [0.3, 0.4) is 0 Å². The highest BCUT2D eigenvalue weighted by Gasteiger charge is 2.55. The van der Waals surface area contributed by atoms with Gasteiger partial charge in [0.15, 0.2) is 0 Å². The molecule has 0 radical (unpaired) electrons. The van der Waals surface area contributed by atoms with Crippen molar-refractivity contribution >= 4 is 17.3 Å². The number of hydrogen-bond acceptors (Lipinski definition) is 3. The van der Waals surface area contributed by atoms with E-state index in [-0.39, 0.29) is 16.8 Å². The molecule has 3 nitrogen and oxygen atoms in total. The number of aryl methyl sites for hydroxylation is 1. The summed E-state index contributed by atoms with van der Waals surface area (Å²) in [6, 6.07) is 17.0. The molecule has 0 amide bonds. The summed E-state index contributed by atoms with van der Waals surface area (Å²) in [5.41, 5.74) is 4.69. The molecule has 2 aliphatic rings. The number of para-hydroxylation sites is 1. The lowest BCUT2D eigenvalue weighted by Gasteiger charge is -2.54. The molecule has 1 N–H and O–H groups in total. The number of nitrogens with one attached hydrogen (secondary N) is 1. The van der Waals surface area contributed by atoms with Crippen molar-refractivity contribution in [2.24, 2.45) is 11.3 Å². The molecule has 0 heterocycles. The Kier molecular flexibility index (Phi) is 4.49. The van der Waals surface area contributed by atoms with Gasteiger partial charge in [-0.25, -0.2) is 0 Å². The third kappa shape index (κ3) is 2.93. The summed E-state index contributed by atoms with van der Waals surface area (Å²) in [6.07, 6.45) is 5.21. The van der Waals surface area contributed by atoms with Crippen LogP contribution in [-0.2, 0) is 21.4 Å². The van der Waals surface area contributed by atoms with E-state index < -0.39 is 0 Å². The van der Waals surface area contributed by atoms with Crippen LogP contribution in [0.5, 0.6) is 0 Å². The zero-order valence-electron chi connectivity index (χ0n) is 16.5. The number of esters is 1. The van der Waals surface area contributed by atoms with Crippen LogP contribution in [0, 0.1) is 11.3 Å². The molecule has 2 aromatic carbocycles. The second-order valence-electron chi connectivity index (χ2n) is 8.63. The van der Waals surface area contributed by atoms with Crippen molar-refractivity contribution in [3.05, 3.63) is 59.7 Å². The van der Waals surface area contributed by atoms with Crippen molar-refractivity contribution in [1.29, 1.82) is 0 Å². The Hall–Kier alpha value is -2.29. The van der Waals surface area contributed by atoms with Gasteiger partial charge in [0, 0.05) is 11.4 Å². The molecule has 2 aromatic rings. The molecule has 1 saturated carbocycles. The van der Waals surface area contributed by atoms with Crippen molar-refractivity contribution in [1.82, 2.24) is 0 Å². The van der Waals surface area contributed by atoms with Gasteiger partial charge in [-0.05, 0) is 79.3 Å². The van der Waals surface area contributed by atoms with Crippen molar-refractivity contribution in [3.8, 4) is 0 Å². The molecule has 0 bridgehead atoms. The number of fused-ring (bicyclic) bond motifs is 3. The predicted molar refractivity (Wildman–Crippen MR) is 109 cm³/mol. The summed E-state index contributed by atoms with van der Waals surface area (Å²) in [5, 5.41) is 3.53. The van der Waals surface area contributed by atoms with E-state index in [9.17, 15) is 4.79 Å². The first kappa shape index (κ1) is 18.1. The monoisotopic (exact) mass is 363 g/mol. The molecule has 4 rings (SSSR count). The largest absolute Gasteiger partial charge is 0.469 e. The minimum atomic E-state index is -0.387. The summed E-state index contributed by atoms with van der Waals surface area (Å²) in [7, 11) is 1.53. The number of rotatable bonds is 3. The van der Waals surface area contributed by atoms with E-state index in [4.69, 9.17) is 4.74 Å². The molecule has 3 heteroatoms. The number of methoxy groups -OCH3 is 1. The normalized spacial score (nSPS) is 29.4. The van der Waals surface area contributed by atoms with Gasteiger partial charge in [-0.15, -0.1) is 0 Å². The second kappa shape index (κ2) is 6.70. The molecule has 0 aromatic heterocycles. The van der Waals surface area contributed by atoms with Crippen LogP contribution < -0.4 is 5.32 Å². The van der Waals surface area contributed by atoms with Crippen molar-refractivity contribution in [2.75, 3.05) is 12.4 Å². The van der Waals surface area contributed by atoms with Gasteiger partial charge in [0.05, 0.1) is 12.5 Å². The average molecular weight is 364 g/mol. The Morgan fingerprint density at radius 2 is 1.85 bits per heavy atom. The second-order valence-corrected chi connectivity index (χ2v) is 8.63. The lowest BCUT2D eigenvalue weighted by atomic mass is 9.50. The maximum atomic E-state index is 12.7. The van der Waals surface area contributed by atoms with Crippen LogP contribution >= 0.6 is 0 Å². The SMILES string of the molecule is COC(=O)C1(C)CCC[C@]2(C)c3cc(Nc4ccccc4)ccc3CCC12.